The van der Waals surface area contributed by atoms with E-state index in [1.165, 1.54) is 4.90 Å². The fourth-order valence-electron chi connectivity index (χ4n) is 4.83. The lowest BCUT2D eigenvalue weighted by molar-refractivity contribution is -0.141. The molecular weight excluding hydrogens is 384 g/mol. The fourth-order valence-corrected chi connectivity index (χ4v) is 4.83. The second-order valence-corrected chi connectivity index (χ2v) is 8.32. The van der Waals surface area contributed by atoms with Gasteiger partial charge in [-0.05, 0) is 31.7 Å². The van der Waals surface area contributed by atoms with Gasteiger partial charge in [-0.1, -0.05) is 30.3 Å². The summed E-state index contributed by atoms with van der Waals surface area (Å²) >= 11 is 0. The lowest BCUT2D eigenvalue weighted by atomic mass is 9.85. The smallest absolute Gasteiger partial charge is 0.327 e. The number of hydrogen-bond donors (Lipinski definition) is 1. The summed E-state index contributed by atoms with van der Waals surface area (Å²) < 4.78 is 0. The Balaban J connectivity index is 1.47. The molecule has 160 valence electrons. The van der Waals surface area contributed by atoms with Crippen LogP contribution in [0.4, 0.5) is 4.79 Å². The van der Waals surface area contributed by atoms with Crippen LogP contribution < -0.4 is 5.32 Å². The van der Waals surface area contributed by atoms with Crippen LogP contribution >= 0.6 is 0 Å². The van der Waals surface area contributed by atoms with Crippen LogP contribution in [0, 0.1) is 0 Å². The highest BCUT2D eigenvalue weighted by Gasteiger charge is 2.57. The van der Waals surface area contributed by atoms with Gasteiger partial charge in [0.15, 0.2) is 0 Å². The molecule has 3 fully saturated rings. The molecule has 1 atom stereocenters. The largest absolute Gasteiger partial charge is 0.353 e. The van der Waals surface area contributed by atoms with Gasteiger partial charge in [0.25, 0.3) is 5.91 Å². The monoisotopic (exact) mass is 412 g/mol. The van der Waals surface area contributed by atoms with Gasteiger partial charge in [0, 0.05) is 45.1 Å². The molecule has 0 unspecified atom stereocenters. The molecule has 3 saturated heterocycles. The predicted octanol–water partition coefficient (Wildman–Crippen LogP) is 1.50. The topological polar surface area (TPSA) is 90.0 Å². The molecule has 0 bridgehead atoms. The average Bonchev–Trinajstić information content (AvgIpc) is 3.24. The van der Waals surface area contributed by atoms with Gasteiger partial charge in [0.1, 0.15) is 5.54 Å². The lowest BCUT2D eigenvalue weighted by Gasteiger charge is -2.42. The number of carbonyl (C=O) groups excluding carboxylic acids is 4. The minimum absolute atomic E-state index is 0.00308. The van der Waals surface area contributed by atoms with Gasteiger partial charge in [-0.2, -0.15) is 0 Å². The molecule has 3 aliphatic rings. The van der Waals surface area contributed by atoms with Crippen LogP contribution in [0.2, 0.25) is 0 Å². The molecule has 5 amide bonds. The van der Waals surface area contributed by atoms with Crippen molar-refractivity contribution in [3.8, 4) is 0 Å². The molecule has 1 aromatic rings. The molecule has 8 nitrogen and oxygen atoms in total. The van der Waals surface area contributed by atoms with Gasteiger partial charge < -0.3 is 15.1 Å². The molecule has 0 radical (unpaired) electrons. The summed E-state index contributed by atoms with van der Waals surface area (Å²) in [7, 11) is 0. The Morgan fingerprint density at radius 1 is 1.13 bits per heavy atom. The number of rotatable bonds is 5. The fraction of sp³-hybridized carbons (Fsp3) is 0.545. The molecular formula is C22H28N4O4. The van der Waals surface area contributed by atoms with Crippen molar-refractivity contribution in [2.75, 3.05) is 19.6 Å². The summed E-state index contributed by atoms with van der Waals surface area (Å²) in [6.45, 7) is 3.39. The highest BCUT2D eigenvalue weighted by molar-refractivity contribution is 6.07. The van der Waals surface area contributed by atoms with Gasteiger partial charge in [-0.15, -0.1) is 0 Å². The first kappa shape index (κ1) is 20.4. The van der Waals surface area contributed by atoms with Crippen LogP contribution in [0.3, 0.4) is 0 Å². The van der Waals surface area contributed by atoms with Crippen LogP contribution in [0.1, 0.15) is 44.6 Å². The van der Waals surface area contributed by atoms with E-state index >= 15 is 0 Å². The second kappa shape index (κ2) is 8.08. The van der Waals surface area contributed by atoms with Crippen molar-refractivity contribution in [1.29, 1.82) is 0 Å². The zero-order chi connectivity index (χ0) is 21.3. The number of amides is 5. The van der Waals surface area contributed by atoms with Gasteiger partial charge in [0.2, 0.25) is 11.8 Å². The Labute approximate surface area is 176 Å². The van der Waals surface area contributed by atoms with Crippen molar-refractivity contribution < 1.29 is 19.2 Å². The number of benzene rings is 1. The Morgan fingerprint density at radius 3 is 2.43 bits per heavy atom. The van der Waals surface area contributed by atoms with E-state index in [1.54, 1.807) is 9.80 Å². The Hall–Kier alpha value is -2.90. The van der Waals surface area contributed by atoms with E-state index in [9.17, 15) is 19.2 Å². The van der Waals surface area contributed by atoms with Crippen molar-refractivity contribution in [3.63, 3.8) is 0 Å². The highest BCUT2D eigenvalue weighted by atomic mass is 16.2. The third kappa shape index (κ3) is 3.55. The van der Waals surface area contributed by atoms with E-state index in [0.29, 0.717) is 58.3 Å². The van der Waals surface area contributed by atoms with E-state index in [1.807, 2.05) is 37.3 Å². The van der Waals surface area contributed by atoms with Crippen LogP contribution in [-0.2, 0) is 20.9 Å². The van der Waals surface area contributed by atoms with Crippen molar-refractivity contribution in [2.24, 2.45) is 0 Å². The minimum atomic E-state index is -0.888. The Morgan fingerprint density at radius 2 is 1.83 bits per heavy atom. The van der Waals surface area contributed by atoms with E-state index < -0.39 is 5.54 Å². The summed E-state index contributed by atoms with van der Waals surface area (Å²) in [5.74, 6) is -0.159. The zero-order valence-corrected chi connectivity index (χ0v) is 17.3. The number of nitrogens with one attached hydrogen (secondary N) is 1. The summed E-state index contributed by atoms with van der Waals surface area (Å²) in [5.41, 5.74) is 0.0906. The summed E-state index contributed by atoms with van der Waals surface area (Å²) in [5, 5.41) is 2.83. The molecule has 8 heteroatoms. The molecule has 3 heterocycles. The number of likely N-dealkylation sites (tertiary alicyclic amines) is 1. The SMILES string of the molecule is CCN1C(=O)N(Cc2ccccc2)C2(CCN(C(=O)C[C@H]3CCC(=O)N3)CC2)C1=O. The molecule has 30 heavy (non-hydrogen) atoms. The van der Waals surface area contributed by atoms with Gasteiger partial charge >= 0.3 is 6.03 Å². The molecule has 1 N–H and O–H groups in total. The molecule has 3 aliphatic heterocycles. The highest BCUT2D eigenvalue weighted by Crippen LogP contribution is 2.38. The number of hydrogen-bond acceptors (Lipinski definition) is 4. The van der Waals surface area contributed by atoms with E-state index in [-0.39, 0.29) is 29.8 Å². The van der Waals surface area contributed by atoms with Crippen LogP contribution in [-0.4, -0.2) is 69.7 Å². The number of imide groups is 1. The van der Waals surface area contributed by atoms with Gasteiger partial charge in [0.05, 0.1) is 0 Å². The predicted molar refractivity (Wildman–Crippen MR) is 109 cm³/mol. The normalized spacial score (nSPS) is 23.4. The lowest BCUT2D eigenvalue weighted by Crippen LogP contribution is -2.57. The minimum Gasteiger partial charge on any atom is -0.353 e. The summed E-state index contributed by atoms with van der Waals surface area (Å²) in [4.78, 5) is 55.1. The number of carbonyl (C=O) groups is 4. The van der Waals surface area contributed by atoms with E-state index in [0.717, 1.165) is 5.56 Å². The second-order valence-electron chi connectivity index (χ2n) is 8.32. The van der Waals surface area contributed by atoms with Crippen molar-refractivity contribution in [3.05, 3.63) is 35.9 Å². The quantitative estimate of drug-likeness (QED) is 0.742. The summed E-state index contributed by atoms with van der Waals surface area (Å²) in [6.07, 6.45) is 2.32. The Bertz CT molecular complexity index is 848. The molecule has 1 aromatic carbocycles. The number of urea groups is 1. The molecule has 0 aliphatic carbocycles. The van der Waals surface area contributed by atoms with Crippen molar-refractivity contribution >= 4 is 23.8 Å². The third-order valence-electron chi connectivity index (χ3n) is 6.57. The molecule has 4 rings (SSSR count). The van der Waals surface area contributed by atoms with E-state index in [2.05, 4.69) is 5.32 Å². The Kier molecular flexibility index (Phi) is 5.49. The maximum absolute atomic E-state index is 13.2. The van der Waals surface area contributed by atoms with E-state index in [4.69, 9.17) is 0 Å². The molecule has 0 saturated carbocycles. The van der Waals surface area contributed by atoms with Crippen LogP contribution in [0.15, 0.2) is 30.3 Å². The number of likely N-dealkylation sites (N-methyl/N-ethyl adjacent to an activating group) is 1. The van der Waals surface area contributed by atoms with Gasteiger partial charge in [-0.25, -0.2) is 4.79 Å². The van der Waals surface area contributed by atoms with Crippen molar-refractivity contribution in [1.82, 2.24) is 20.0 Å². The first-order valence-electron chi connectivity index (χ1n) is 10.7. The third-order valence-corrected chi connectivity index (χ3v) is 6.57. The van der Waals surface area contributed by atoms with Gasteiger partial charge in [-0.3, -0.25) is 19.3 Å². The molecule has 0 aromatic heterocycles. The van der Waals surface area contributed by atoms with Crippen molar-refractivity contribution in [2.45, 2.75) is 57.2 Å². The van der Waals surface area contributed by atoms with Crippen LogP contribution in [0.25, 0.3) is 0 Å². The summed E-state index contributed by atoms with van der Waals surface area (Å²) in [6, 6.07) is 9.32. The standard InChI is InChI=1S/C22H28N4O4/c1-2-25-20(29)22(26(21(25)30)15-16-6-4-3-5-7-16)10-12-24(13-11-22)19(28)14-17-8-9-18(27)23-17/h3-7,17H,2,8-15H2,1H3,(H,23,27)/t17-/m1/s1. The maximum atomic E-state index is 13.2. The first-order valence-corrected chi connectivity index (χ1v) is 10.7. The molecule has 1 spiro atoms. The number of nitrogens with zero attached hydrogens (tertiary/aromatic N) is 3. The zero-order valence-electron chi connectivity index (χ0n) is 17.3. The maximum Gasteiger partial charge on any atom is 0.327 e. The first-order chi connectivity index (χ1) is 14.4. The van der Waals surface area contributed by atoms with Crippen LogP contribution in [0.5, 0.6) is 0 Å². The average molecular weight is 412 g/mol. The number of piperidine rings is 1.